The van der Waals surface area contributed by atoms with Gasteiger partial charge in [-0.05, 0) is 32.1 Å². The molecule has 0 N–H and O–H groups in total. The second-order valence-corrected chi connectivity index (χ2v) is 6.64. The lowest BCUT2D eigenvalue weighted by molar-refractivity contribution is 0.265. The first-order valence-corrected chi connectivity index (χ1v) is 6.90. The van der Waals surface area contributed by atoms with Gasteiger partial charge in [-0.2, -0.15) is 4.31 Å². The third kappa shape index (κ3) is 1.17. The zero-order valence-corrected chi connectivity index (χ0v) is 8.91. The summed E-state index contributed by atoms with van der Waals surface area (Å²) in [4.78, 5) is 0. The molecule has 1 saturated heterocycles. The topological polar surface area (TPSA) is 37.4 Å². The molecule has 1 aliphatic carbocycles. The standard InChI is InChI=1S/C10H15NO2S/c12-14(13,10-6-7-10)11-8-2-1-3-9(11)5-4-8/h4-5,8-10H,1-3,6-7H2/t8-,9-/m1/s1. The Morgan fingerprint density at radius 2 is 1.57 bits per heavy atom. The molecule has 3 nitrogen and oxygen atoms in total. The second kappa shape index (κ2) is 2.83. The maximum atomic E-state index is 12.1. The minimum atomic E-state index is -2.95. The minimum Gasteiger partial charge on any atom is -0.212 e. The zero-order chi connectivity index (χ0) is 9.76. The van der Waals surface area contributed by atoms with Gasteiger partial charge >= 0.3 is 0 Å². The maximum absolute atomic E-state index is 12.1. The quantitative estimate of drug-likeness (QED) is 0.648. The van der Waals surface area contributed by atoms with Crippen molar-refractivity contribution in [3.63, 3.8) is 0 Å². The highest BCUT2D eigenvalue weighted by atomic mass is 32.2. The number of hydrogen-bond donors (Lipinski definition) is 0. The molecule has 3 rings (SSSR count). The van der Waals surface area contributed by atoms with Crippen LogP contribution in [0.1, 0.15) is 32.1 Å². The van der Waals surface area contributed by atoms with E-state index in [4.69, 9.17) is 0 Å². The molecule has 78 valence electrons. The Bertz CT molecular complexity index is 356. The molecule has 1 saturated carbocycles. The fourth-order valence-electron chi connectivity index (χ4n) is 2.57. The van der Waals surface area contributed by atoms with Gasteiger partial charge in [0, 0.05) is 12.1 Å². The molecule has 2 aliphatic heterocycles. The van der Waals surface area contributed by atoms with Crippen LogP contribution in [0.2, 0.25) is 0 Å². The summed E-state index contributed by atoms with van der Waals surface area (Å²) in [5, 5.41) is -0.0505. The molecular formula is C10H15NO2S. The van der Waals surface area contributed by atoms with E-state index in [1.54, 1.807) is 4.31 Å². The largest absolute Gasteiger partial charge is 0.218 e. The first-order chi connectivity index (χ1) is 6.69. The van der Waals surface area contributed by atoms with Crippen molar-refractivity contribution in [2.24, 2.45) is 0 Å². The Morgan fingerprint density at radius 1 is 1.00 bits per heavy atom. The molecule has 0 unspecified atom stereocenters. The molecule has 0 aromatic rings. The number of piperidine rings is 1. The second-order valence-electron chi connectivity index (χ2n) is 4.52. The summed E-state index contributed by atoms with van der Waals surface area (Å²) in [5.74, 6) is 0. The molecule has 2 heterocycles. The minimum absolute atomic E-state index is 0.0505. The summed E-state index contributed by atoms with van der Waals surface area (Å²) in [5.41, 5.74) is 0. The lowest BCUT2D eigenvalue weighted by Gasteiger charge is -2.33. The monoisotopic (exact) mass is 213 g/mol. The fraction of sp³-hybridized carbons (Fsp3) is 0.800. The highest BCUT2D eigenvalue weighted by Crippen LogP contribution is 2.39. The lowest BCUT2D eigenvalue weighted by Crippen LogP contribution is -2.46. The van der Waals surface area contributed by atoms with Crippen LogP contribution in [-0.2, 0) is 10.0 Å². The normalized spacial score (nSPS) is 37.7. The van der Waals surface area contributed by atoms with Gasteiger partial charge in [0.2, 0.25) is 10.0 Å². The molecular weight excluding hydrogens is 198 g/mol. The highest BCUT2D eigenvalue weighted by Gasteiger charge is 2.47. The van der Waals surface area contributed by atoms with Crippen molar-refractivity contribution in [2.45, 2.75) is 49.4 Å². The van der Waals surface area contributed by atoms with Crippen LogP contribution >= 0.6 is 0 Å². The van der Waals surface area contributed by atoms with Crippen molar-refractivity contribution in [3.05, 3.63) is 12.2 Å². The van der Waals surface area contributed by atoms with Crippen molar-refractivity contribution in [3.8, 4) is 0 Å². The van der Waals surface area contributed by atoms with E-state index in [0.717, 1.165) is 25.7 Å². The summed E-state index contributed by atoms with van der Waals surface area (Å²) in [6.45, 7) is 0. The van der Waals surface area contributed by atoms with Crippen LogP contribution in [0.4, 0.5) is 0 Å². The van der Waals surface area contributed by atoms with Gasteiger partial charge < -0.3 is 0 Å². The van der Waals surface area contributed by atoms with Gasteiger partial charge in [0.1, 0.15) is 0 Å². The number of rotatable bonds is 2. The van der Waals surface area contributed by atoms with E-state index in [-0.39, 0.29) is 17.3 Å². The molecule has 0 amide bonds. The van der Waals surface area contributed by atoms with E-state index in [1.807, 2.05) is 0 Å². The van der Waals surface area contributed by atoms with Crippen LogP contribution in [0.15, 0.2) is 12.2 Å². The fourth-order valence-corrected chi connectivity index (χ4v) is 4.75. The van der Waals surface area contributed by atoms with Crippen LogP contribution in [0, 0.1) is 0 Å². The third-order valence-electron chi connectivity index (χ3n) is 3.45. The molecule has 0 aromatic carbocycles. The van der Waals surface area contributed by atoms with Crippen LogP contribution in [-0.4, -0.2) is 30.1 Å². The SMILES string of the molecule is O=S(=O)(C1CC1)N1[C@H]2C=C[C@H]1CCC2. The Balaban J connectivity index is 1.92. The van der Waals surface area contributed by atoms with Crippen molar-refractivity contribution in [2.75, 3.05) is 0 Å². The summed E-state index contributed by atoms with van der Waals surface area (Å²) in [6, 6.07) is 0.360. The molecule has 2 atom stereocenters. The van der Waals surface area contributed by atoms with Crippen molar-refractivity contribution in [1.29, 1.82) is 0 Å². The van der Waals surface area contributed by atoms with E-state index in [2.05, 4.69) is 12.2 Å². The van der Waals surface area contributed by atoms with Crippen molar-refractivity contribution in [1.82, 2.24) is 4.31 Å². The Hall–Kier alpha value is -0.350. The Morgan fingerprint density at radius 3 is 2.07 bits per heavy atom. The predicted octanol–water partition coefficient (Wildman–Crippen LogP) is 1.27. The average Bonchev–Trinajstić information content (AvgIpc) is 2.94. The number of sulfonamides is 1. The first-order valence-electron chi connectivity index (χ1n) is 5.40. The molecule has 14 heavy (non-hydrogen) atoms. The van der Waals surface area contributed by atoms with Crippen LogP contribution < -0.4 is 0 Å². The van der Waals surface area contributed by atoms with Gasteiger partial charge in [-0.3, -0.25) is 0 Å². The van der Waals surface area contributed by atoms with Crippen molar-refractivity contribution >= 4 is 10.0 Å². The van der Waals surface area contributed by atoms with Gasteiger partial charge in [-0.15, -0.1) is 0 Å². The number of nitrogens with zero attached hydrogens (tertiary/aromatic N) is 1. The Kier molecular flexibility index (Phi) is 1.80. The van der Waals surface area contributed by atoms with Gasteiger partial charge in [-0.25, -0.2) is 8.42 Å². The summed E-state index contributed by atoms with van der Waals surface area (Å²) in [7, 11) is -2.95. The van der Waals surface area contributed by atoms with Crippen LogP contribution in [0.3, 0.4) is 0 Å². The number of fused-ring (bicyclic) bond motifs is 2. The van der Waals surface area contributed by atoms with E-state index >= 15 is 0 Å². The van der Waals surface area contributed by atoms with Gasteiger partial charge in [-0.1, -0.05) is 12.2 Å². The smallest absolute Gasteiger partial charge is 0.212 e. The molecule has 0 radical (unpaired) electrons. The average molecular weight is 213 g/mol. The van der Waals surface area contributed by atoms with E-state index in [9.17, 15) is 8.42 Å². The van der Waals surface area contributed by atoms with Gasteiger partial charge in [0.25, 0.3) is 0 Å². The first kappa shape index (κ1) is 8.92. The highest BCUT2D eigenvalue weighted by molar-refractivity contribution is 7.90. The molecule has 0 spiro atoms. The number of hydrogen-bond acceptors (Lipinski definition) is 2. The summed E-state index contributed by atoms with van der Waals surface area (Å²) >= 11 is 0. The van der Waals surface area contributed by atoms with E-state index < -0.39 is 10.0 Å². The maximum Gasteiger partial charge on any atom is 0.218 e. The summed E-state index contributed by atoms with van der Waals surface area (Å²) < 4.78 is 26.0. The lowest BCUT2D eigenvalue weighted by atomic mass is 10.1. The van der Waals surface area contributed by atoms with Gasteiger partial charge in [0.05, 0.1) is 5.25 Å². The Labute approximate surface area is 84.8 Å². The van der Waals surface area contributed by atoms with Crippen LogP contribution in [0.25, 0.3) is 0 Å². The van der Waals surface area contributed by atoms with E-state index in [1.165, 1.54) is 6.42 Å². The molecule has 2 bridgehead atoms. The van der Waals surface area contributed by atoms with Crippen molar-refractivity contribution < 1.29 is 8.42 Å². The third-order valence-corrected chi connectivity index (χ3v) is 5.89. The zero-order valence-electron chi connectivity index (χ0n) is 8.09. The van der Waals surface area contributed by atoms with Gasteiger partial charge in [0.15, 0.2) is 0 Å². The molecule has 4 heteroatoms. The van der Waals surface area contributed by atoms with Crippen LogP contribution in [0.5, 0.6) is 0 Å². The van der Waals surface area contributed by atoms with E-state index in [0.29, 0.717) is 0 Å². The summed E-state index contributed by atoms with van der Waals surface area (Å²) in [6.07, 6.45) is 9.10. The molecule has 2 fully saturated rings. The molecule has 3 aliphatic rings. The predicted molar refractivity (Wildman–Crippen MR) is 54.3 cm³/mol. The molecule has 0 aromatic heterocycles.